The van der Waals surface area contributed by atoms with E-state index in [1.807, 2.05) is 6.92 Å². The Morgan fingerprint density at radius 1 is 0.750 bits per heavy atom. The third kappa shape index (κ3) is 20.0. The van der Waals surface area contributed by atoms with Crippen LogP contribution < -0.4 is 0 Å². The Morgan fingerprint density at radius 2 is 1.19 bits per heavy atom. The minimum Gasteiger partial charge on any atom is -0.379 e. The van der Waals surface area contributed by atoms with E-state index in [1.165, 1.54) is 96.3 Å². The first-order valence-electron chi connectivity index (χ1n) is 13.2. The number of ether oxygens (including phenoxy) is 2. The molecule has 0 aromatic rings. The molecule has 32 heavy (non-hydrogen) atoms. The van der Waals surface area contributed by atoms with Crippen LogP contribution >= 0.6 is 23.5 Å². The molecule has 0 spiro atoms. The van der Waals surface area contributed by atoms with Crippen LogP contribution in [0.5, 0.6) is 0 Å². The summed E-state index contributed by atoms with van der Waals surface area (Å²) in [5.41, 5.74) is 0. The molecule has 0 saturated heterocycles. The molecule has 0 radical (unpaired) electrons. The van der Waals surface area contributed by atoms with Gasteiger partial charge in [0.1, 0.15) is 10.7 Å². The molecule has 0 aromatic carbocycles. The molecule has 7 heteroatoms. The number of hydrogen-bond acceptors (Lipinski definition) is 4. The molecule has 0 rings (SSSR count). The second-order valence-corrected chi connectivity index (χ2v) is 12.8. The lowest BCUT2D eigenvalue weighted by atomic mass is 10.0. The topological polar surface area (TPSA) is 65.0 Å². The molecule has 0 saturated carbocycles. The summed E-state index contributed by atoms with van der Waals surface area (Å²) in [4.78, 5) is 9.85. The van der Waals surface area contributed by atoms with Gasteiger partial charge >= 0.3 is 7.60 Å². The van der Waals surface area contributed by atoms with Crippen molar-refractivity contribution < 1.29 is 23.5 Å². The molecule has 5 nitrogen and oxygen atoms in total. The number of unbranched alkanes of at least 4 members (excludes halogenated alkanes) is 15. The van der Waals surface area contributed by atoms with Gasteiger partial charge in [-0.2, -0.15) is 0 Å². The number of halogens is 1. The first kappa shape index (κ1) is 32.5. The highest BCUT2D eigenvalue weighted by atomic mass is 79.9. The zero-order valence-electron chi connectivity index (χ0n) is 21.2. The summed E-state index contributed by atoms with van der Waals surface area (Å²) in [6.45, 7) is 5.26. The predicted molar refractivity (Wildman–Crippen MR) is 140 cm³/mol. The molecule has 0 heterocycles. The van der Waals surface area contributed by atoms with Gasteiger partial charge in [0, 0.05) is 13.7 Å². The lowest BCUT2D eigenvalue weighted by Crippen LogP contribution is -2.24. The van der Waals surface area contributed by atoms with Crippen LogP contribution in [-0.2, 0) is 18.6 Å². The monoisotopic (exact) mass is 542 g/mol. The molecule has 0 amide bonds. The average Bonchev–Trinajstić information content (AvgIpc) is 2.79. The molecule has 0 fully saturated rings. The standard InChI is InChI=1S/C25H52BrO5P/c1-4-6-7-8-9-10-11-12-13-14-15-16-17-18-19-20-21-30-22-24(29-3)23-31-32(27,28)25(26)5-2/h24-25H,4-23H2,1-3H3,(H,27,28). The van der Waals surface area contributed by atoms with Gasteiger partial charge in [0.15, 0.2) is 0 Å². The molecular formula is C25H52BrO5P. The maximum atomic E-state index is 12.0. The molecule has 3 atom stereocenters. The van der Waals surface area contributed by atoms with Crippen LogP contribution in [-0.4, -0.2) is 42.5 Å². The summed E-state index contributed by atoms with van der Waals surface area (Å²) in [5.74, 6) is 0. The van der Waals surface area contributed by atoms with Crippen LogP contribution in [0.2, 0.25) is 0 Å². The molecule has 0 aliphatic heterocycles. The Morgan fingerprint density at radius 3 is 1.59 bits per heavy atom. The SMILES string of the molecule is CCCCCCCCCCCCCCCCCCOCC(COP(=O)(O)C(Br)CC)OC. The highest BCUT2D eigenvalue weighted by Crippen LogP contribution is 2.51. The Bertz CT molecular complexity index is 439. The molecule has 1 N–H and O–H groups in total. The van der Waals surface area contributed by atoms with Gasteiger partial charge in [0.25, 0.3) is 0 Å². The van der Waals surface area contributed by atoms with Crippen molar-refractivity contribution >= 4 is 23.5 Å². The van der Waals surface area contributed by atoms with Gasteiger partial charge in [-0.05, 0) is 12.8 Å². The summed E-state index contributed by atoms with van der Waals surface area (Å²) >= 11 is 3.19. The molecule has 0 aliphatic carbocycles. The smallest absolute Gasteiger partial charge is 0.341 e. The average molecular weight is 544 g/mol. The second-order valence-electron chi connectivity index (χ2n) is 8.94. The molecule has 0 aromatic heterocycles. The third-order valence-corrected chi connectivity index (χ3v) is 9.71. The highest BCUT2D eigenvalue weighted by molar-refractivity contribution is 9.10. The van der Waals surface area contributed by atoms with Crippen LogP contribution in [0.1, 0.15) is 123 Å². The fourth-order valence-electron chi connectivity index (χ4n) is 3.65. The maximum absolute atomic E-state index is 12.0. The fourth-order valence-corrected chi connectivity index (χ4v) is 5.01. The van der Waals surface area contributed by atoms with E-state index in [0.29, 0.717) is 19.6 Å². The van der Waals surface area contributed by atoms with E-state index >= 15 is 0 Å². The van der Waals surface area contributed by atoms with Crippen molar-refractivity contribution in [3.63, 3.8) is 0 Å². The molecule has 0 aliphatic rings. The van der Waals surface area contributed by atoms with Crippen molar-refractivity contribution in [3.8, 4) is 0 Å². The maximum Gasteiger partial charge on any atom is 0.341 e. The van der Waals surface area contributed by atoms with Gasteiger partial charge in [-0.25, -0.2) is 0 Å². The third-order valence-electron chi connectivity index (χ3n) is 5.92. The minimum atomic E-state index is -3.65. The summed E-state index contributed by atoms with van der Waals surface area (Å²) in [5, 5.41) is 0. The van der Waals surface area contributed by atoms with E-state index in [9.17, 15) is 9.46 Å². The number of hydrogen-bond donors (Lipinski definition) is 1. The minimum absolute atomic E-state index is 0.0608. The molecule has 0 bridgehead atoms. The van der Waals surface area contributed by atoms with E-state index < -0.39 is 12.2 Å². The van der Waals surface area contributed by atoms with E-state index in [2.05, 4.69) is 22.9 Å². The van der Waals surface area contributed by atoms with Crippen molar-refractivity contribution in [3.05, 3.63) is 0 Å². The fraction of sp³-hybridized carbons (Fsp3) is 1.00. The number of rotatable bonds is 25. The van der Waals surface area contributed by atoms with Crippen LogP contribution in [0.3, 0.4) is 0 Å². The van der Waals surface area contributed by atoms with Gasteiger partial charge in [0.2, 0.25) is 0 Å². The number of alkyl halides is 1. The Labute approximate surface area is 207 Å². The zero-order chi connectivity index (χ0) is 23.9. The van der Waals surface area contributed by atoms with Crippen molar-refractivity contribution in [2.24, 2.45) is 0 Å². The van der Waals surface area contributed by atoms with Crippen LogP contribution in [0.15, 0.2) is 0 Å². The van der Waals surface area contributed by atoms with Gasteiger partial charge in [-0.15, -0.1) is 0 Å². The Hall–Kier alpha value is 0.550. The normalized spacial score (nSPS) is 15.5. The molecule has 194 valence electrons. The van der Waals surface area contributed by atoms with Crippen molar-refractivity contribution in [2.45, 2.75) is 134 Å². The summed E-state index contributed by atoms with van der Waals surface area (Å²) in [6, 6.07) is 0. The van der Waals surface area contributed by atoms with E-state index in [0.717, 1.165) is 6.42 Å². The van der Waals surface area contributed by atoms with Crippen LogP contribution in [0.4, 0.5) is 0 Å². The summed E-state index contributed by atoms with van der Waals surface area (Å²) in [6.07, 6.45) is 21.9. The highest BCUT2D eigenvalue weighted by Gasteiger charge is 2.29. The quantitative estimate of drug-likeness (QED) is 0.0710. The zero-order valence-corrected chi connectivity index (χ0v) is 23.7. The lowest BCUT2D eigenvalue weighted by Gasteiger charge is -2.20. The first-order chi connectivity index (χ1) is 15.5. The van der Waals surface area contributed by atoms with Crippen molar-refractivity contribution in [1.82, 2.24) is 0 Å². The number of methoxy groups -OCH3 is 1. The van der Waals surface area contributed by atoms with Gasteiger partial charge in [-0.1, -0.05) is 126 Å². The largest absolute Gasteiger partial charge is 0.379 e. The summed E-state index contributed by atoms with van der Waals surface area (Å²) < 4.78 is 27.6. The van der Waals surface area contributed by atoms with Crippen molar-refractivity contribution in [1.29, 1.82) is 0 Å². The molecule has 3 unspecified atom stereocenters. The predicted octanol–water partition coefficient (Wildman–Crippen LogP) is 8.61. The van der Waals surface area contributed by atoms with Crippen molar-refractivity contribution in [2.75, 3.05) is 26.9 Å². The van der Waals surface area contributed by atoms with Crippen LogP contribution in [0.25, 0.3) is 0 Å². The van der Waals surface area contributed by atoms with E-state index in [1.54, 1.807) is 7.11 Å². The van der Waals surface area contributed by atoms with Gasteiger partial charge in [0.05, 0.1) is 13.2 Å². The van der Waals surface area contributed by atoms with Gasteiger partial charge < -0.3 is 18.9 Å². The lowest BCUT2D eigenvalue weighted by molar-refractivity contribution is -0.0169. The van der Waals surface area contributed by atoms with E-state index in [4.69, 9.17) is 14.0 Å². The van der Waals surface area contributed by atoms with Gasteiger partial charge in [-0.3, -0.25) is 4.57 Å². The Kier molecular flexibility index (Phi) is 23.7. The van der Waals surface area contributed by atoms with Crippen LogP contribution in [0, 0.1) is 0 Å². The van der Waals surface area contributed by atoms with E-state index in [-0.39, 0.29) is 12.7 Å². The Balaban J connectivity index is 3.40. The second kappa shape index (κ2) is 23.3. The first-order valence-corrected chi connectivity index (χ1v) is 15.8. The summed E-state index contributed by atoms with van der Waals surface area (Å²) in [7, 11) is -2.08. The molecular weight excluding hydrogens is 491 g/mol.